The highest BCUT2D eigenvalue weighted by Crippen LogP contribution is 2.36. The molecule has 1 atom stereocenters. The lowest BCUT2D eigenvalue weighted by Crippen LogP contribution is -2.55. The van der Waals surface area contributed by atoms with Crippen LogP contribution in [0.1, 0.15) is 5.56 Å². The summed E-state index contributed by atoms with van der Waals surface area (Å²) in [5.74, 6) is -0.314. The van der Waals surface area contributed by atoms with Crippen LogP contribution in [0.25, 0.3) is 0 Å². The Labute approximate surface area is 115 Å². The smallest absolute Gasteiger partial charge is 0.360 e. The number of hydrogen-bond acceptors (Lipinski definition) is 5. The summed E-state index contributed by atoms with van der Waals surface area (Å²) < 4.78 is 10.1. The molecule has 0 radical (unpaired) electrons. The number of methoxy groups -OCH3 is 2. The number of amides is 1. The summed E-state index contributed by atoms with van der Waals surface area (Å²) in [6, 6.07) is 9.46. The average molecular weight is 281 g/mol. The molecule has 102 valence electrons. The fourth-order valence-electron chi connectivity index (χ4n) is 2.00. The Balaban J connectivity index is 2.29. The number of rotatable bonds is 4. The SMILES string of the molecule is COC(=O)C1(OC)CSC(=O)N1Cc1ccccc1. The van der Waals surface area contributed by atoms with Crippen molar-refractivity contribution in [2.24, 2.45) is 0 Å². The number of ether oxygens (including phenoxy) is 2. The van der Waals surface area contributed by atoms with Gasteiger partial charge in [0.25, 0.3) is 11.0 Å². The van der Waals surface area contributed by atoms with Gasteiger partial charge in [-0.15, -0.1) is 0 Å². The molecule has 1 aliphatic rings. The number of carbonyl (C=O) groups is 2. The minimum Gasteiger partial charge on any atom is -0.465 e. The van der Waals surface area contributed by atoms with Gasteiger partial charge in [-0.3, -0.25) is 9.69 Å². The predicted octanol–water partition coefficient (Wildman–Crippen LogP) is 1.87. The Morgan fingerprint density at radius 1 is 1.37 bits per heavy atom. The van der Waals surface area contributed by atoms with Crippen LogP contribution in [0.3, 0.4) is 0 Å². The Kier molecular flexibility index (Phi) is 4.11. The normalized spacial score (nSPS) is 22.6. The lowest BCUT2D eigenvalue weighted by molar-refractivity contribution is -0.180. The van der Waals surface area contributed by atoms with Crippen LogP contribution in [0.15, 0.2) is 30.3 Å². The van der Waals surface area contributed by atoms with E-state index in [1.807, 2.05) is 30.3 Å². The van der Waals surface area contributed by atoms with Gasteiger partial charge in [-0.05, 0) is 5.56 Å². The van der Waals surface area contributed by atoms with Crippen LogP contribution >= 0.6 is 11.8 Å². The minimum absolute atomic E-state index is 0.184. The molecule has 1 aliphatic heterocycles. The summed E-state index contributed by atoms with van der Waals surface area (Å²) in [7, 11) is 2.70. The number of carbonyl (C=O) groups excluding carboxylic acids is 2. The highest BCUT2D eigenvalue weighted by atomic mass is 32.2. The molecule has 1 heterocycles. The summed E-state index contributed by atoms with van der Waals surface area (Å²) in [4.78, 5) is 25.3. The number of benzene rings is 1. The molecule has 1 aromatic carbocycles. The van der Waals surface area contributed by atoms with E-state index in [1.54, 1.807) is 0 Å². The van der Waals surface area contributed by atoms with Gasteiger partial charge in [0.05, 0.1) is 12.9 Å². The van der Waals surface area contributed by atoms with Crippen LogP contribution < -0.4 is 0 Å². The van der Waals surface area contributed by atoms with Crippen molar-refractivity contribution >= 4 is 23.0 Å². The van der Waals surface area contributed by atoms with Crippen LogP contribution in [0.5, 0.6) is 0 Å². The van der Waals surface area contributed by atoms with E-state index in [0.717, 1.165) is 17.3 Å². The van der Waals surface area contributed by atoms with Crippen molar-refractivity contribution in [1.29, 1.82) is 0 Å². The van der Waals surface area contributed by atoms with Crippen molar-refractivity contribution < 1.29 is 19.1 Å². The predicted molar refractivity (Wildman–Crippen MR) is 71.6 cm³/mol. The molecule has 19 heavy (non-hydrogen) atoms. The van der Waals surface area contributed by atoms with Crippen LogP contribution in [0.2, 0.25) is 0 Å². The maximum absolute atomic E-state index is 12.0. The molecular formula is C13H15NO4S. The van der Waals surface area contributed by atoms with E-state index in [-0.39, 0.29) is 11.0 Å². The molecule has 2 rings (SSSR count). The lowest BCUT2D eigenvalue weighted by atomic mass is 10.1. The Hall–Kier alpha value is -1.53. The van der Waals surface area contributed by atoms with Gasteiger partial charge in [0.1, 0.15) is 0 Å². The molecule has 6 heteroatoms. The van der Waals surface area contributed by atoms with Crippen molar-refractivity contribution in [3.8, 4) is 0 Å². The van der Waals surface area contributed by atoms with Gasteiger partial charge >= 0.3 is 5.97 Å². The quantitative estimate of drug-likeness (QED) is 0.789. The standard InChI is InChI=1S/C13H15NO4S/c1-17-11(15)13(18-2)9-19-12(16)14(13)8-10-6-4-3-5-7-10/h3-7H,8-9H2,1-2H3. The fourth-order valence-corrected chi connectivity index (χ4v) is 3.08. The van der Waals surface area contributed by atoms with E-state index in [9.17, 15) is 9.59 Å². The maximum atomic E-state index is 12.0. The first-order chi connectivity index (χ1) is 9.14. The summed E-state index contributed by atoms with van der Waals surface area (Å²) in [5.41, 5.74) is -0.393. The van der Waals surface area contributed by atoms with E-state index in [2.05, 4.69) is 0 Å². The molecule has 1 fully saturated rings. The highest BCUT2D eigenvalue weighted by molar-refractivity contribution is 8.14. The van der Waals surface area contributed by atoms with E-state index >= 15 is 0 Å². The Morgan fingerprint density at radius 3 is 2.63 bits per heavy atom. The minimum atomic E-state index is -1.33. The van der Waals surface area contributed by atoms with Gasteiger partial charge in [-0.25, -0.2) is 4.79 Å². The maximum Gasteiger partial charge on any atom is 0.360 e. The number of nitrogens with zero attached hydrogens (tertiary/aromatic N) is 1. The first-order valence-electron chi connectivity index (χ1n) is 5.76. The van der Waals surface area contributed by atoms with Crippen molar-refractivity contribution in [3.63, 3.8) is 0 Å². The second kappa shape index (κ2) is 5.63. The van der Waals surface area contributed by atoms with Gasteiger partial charge in [0, 0.05) is 13.7 Å². The van der Waals surface area contributed by atoms with Crippen molar-refractivity contribution in [3.05, 3.63) is 35.9 Å². The summed E-state index contributed by atoms with van der Waals surface area (Å²) >= 11 is 1.06. The number of esters is 1. The molecule has 1 saturated heterocycles. The first-order valence-corrected chi connectivity index (χ1v) is 6.74. The van der Waals surface area contributed by atoms with Crippen molar-refractivity contribution in [2.45, 2.75) is 12.3 Å². The third kappa shape index (κ3) is 2.46. The van der Waals surface area contributed by atoms with Gasteiger partial charge in [-0.2, -0.15) is 0 Å². The summed E-state index contributed by atoms with van der Waals surface area (Å²) in [6.45, 7) is 0.315. The van der Waals surface area contributed by atoms with E-state index in [4.69, 9.17) is 9.47 Å². The third-order valence-corrected chi connectivity index (χ3v) is 4.08. The molecule has 1 aromatic rings. The van der Waals surface area contributed by atoms with Gasteiger partial charge in [0.2, 0.25) is 0 Å². The van der Waals surface area contributed by atoms with Crippen LogP contribution in [-0.4, -0.2) is 41.8 Å². The van der Waals surface area contributed by atoms with E-state index in [1.165, 1.54) is 19.1 Å². The molecule has 1 unspecified atom stereocenters. The topological polar surface area (TPSA) is 55.8 Å². The van der Waals surface area contributed by atoms with Crippen molar-refractivity contribution in [2.75, 3.05) is 20.0 Å². The molecule has 0 spiro atoms. The van der Waals surface area contributed by atoms with E-state index < -0.39 is 11.7 Å². The van der Waals surface area contributed by atoms with Crippen molar-refractivity contribution in [1.82, 2.24) is 4.90 Å². The lowest BCUT2D eigenvalue weighted by Gasteiger charge is -2.33. The number of hydrogen-bond donors (Lipinski definition) is 0. The molecule has 0 bridgehead atoms. The Bertz CT molecular complexity index is 479. The largest absolute Gasteiger partial charge is 0.465 e. The monoisotopic (exact) mass is 281 g/mol. The molecule has 0 N–H and O–H groups in total. The molecule has 0 aromatic heterocycles. The highest BCUT2D eigenvalue weighted by Gasteiger charge is 2.53. The Morgan fingerprint density at radius 2 is 2.05 bits per heavy atom. The van der Waals surface area contributed by atoms with Gasteiger partial charge in [0.15, 0.2) is 0 Å². The van der Waals surface area contributed by atoms with E-state index in [0.29, 0.717) is 6.54 Å². The average Bonchev–Trinajstić information content (AvgIpc) is 2.77. The molecule has 5 nitrogen and oxygen atoms in total. The molecule has 0 saturated carbocycles. The first kappa shape index (κ1) is 13.9. The summed E-state index contributed by atoms with van der Waals surface area (Å²) in [5, 5.41) is -0.184. The van der Waals surface area contributed by atoms with Crippen LogP contribution in [0.4, 0.5) is 4.79 Å². The molecule has 1 amide bonds. The fraction of sp³-hybridized carbons (Fsp3) is 0.385. The zero-order valence-corrected chi connectivity index (χ0v) is 11.6. The number of thioether (sulfide) groups is 1. The van der Waals surface area contributed by atoms with Crippen LogP contribution in [-0.2, 0) is 20.8 Å². The molecule has 0 aliphatic carbocycles. The second-order valence-electron chi connectivity index (χ2n) is 4.11. The van der Waals surface area contributed by atoms with Gasteiger partial charge in [-0.1, -0.05) is 42.1 Å². The van der Waals surface area contributed by atoms with Gasteiger partial charge < -0.3 is 9.47 Å². The third-order valence-electron chi connectivity index (χ3n) is 3.07. The second-order valence-corrected chi connectivity index (χ2v) is 5.03. The zero-order chi connectivity index (χ0) is 13.9. The molecular weight excluding hydrogens is 266 g/mol. The zero-order valence-electron chi connectivity index (χ0n) is 10.8. The van der Waals surface area contributed by atoms with Crippen LogP contribution in [0, 0.1) is 0 Å². The summed E-state index contributed by atoms with van der Waals surface area (Å²) in [6.07, 6.45) is 0.